The topological polar surface area (TPSA) is 57.7 Å². The first-order valence-electron chi connectivity index (χ1n) is 10.3. The van der Waals surface area contributed by atoms with Gasteiger partial charge >= 0.3 is 0 Å². The maximum absolute atomic E-state index is 12.8. The summed E-state index contributed by atoms with van der Waals surface area (Å²) >= 11 is 12.1. The van der Waals surface area contributed by atoms with Crippen LogP contribution in [0.2, 0.25) is 10.0 Å². The van der Waals surface area contributed by atoms with Gasteiger partial charge in [-0.2, -0.15) is 0 Å². The normalized spacial score (nSPS) is 19.8. The number of ether oxygens (including phenoxy) is 1. The Morgan fingerprint density at radius 1 is 1.07 bits per heavy atom. The van der Waals surface area contributed by atoms with Crippen molar-refractivity contribution < 1.29 is 9.53 Å². The quantitative estimate of drug-likeness (QED) is 0.748. The molecule has 2 aromatic rings. The predicted octanol–water partition coefficient (Wildman–Crippen LogP) is 4.01. The van der Waals surface area contributed by atoms with Crippen molar-refractivity contribution in [2.24, 2.45) is 5.92 Å². The largest absolute Gasteiger partial charge is 0.495 e. The van der Waals surface area contributed by atoms with Crippen molar-refractivity contribution in [3.05, 3.63) is 46.6 Å². The van der Waals surface area contributed by atoms with Gasteiger partial charge in [0.2, 0.25) is 5.91 Å². The molecule has 0 saturated carbocycles. The average molecular weight is 449 g/mol. The molecule has 2 aliphatic rings. The fourth-order valence-corrected chi connectivity index (χ4v) is 4.53. The highest BCUT2D eigenvalue weighted by atomic mass is 35.5. The van der Waals surface area contributed by atoms with Crippen LogP contribution in [0.25, 0.3) is 0 Å². The number of aromatic nitrogens is 1. The standard InChI is InChI=1S/C22H26Cl2N4O2/c1-30-20-4-2-16(23)12-19(20)28-11-8-18(14-28)26-22(29)15-6-9-27(10-7-15)21-5-3-17(24)13-25-21/h2-5,12-13,15,18H,6-11,14H2,1H3,(H,26,29). The van der Waals surface area contributed by atoms with Crippen molar-refractivity contribution in [2.45, 2.75) is 25.3 Å². The Balaban J connectivity index is 1.29. The summed E-state index contributed by atoms with van der Waals surface area (Å²) in [5.41, 5.74) is 0.977. The summed E-state index contributed by atoms with van der Waals surface area (Å²) in [7, 11) is 1.66. The maximum atomic E-state index is 12.8. The third-order valence-electron chi connectivity index (χ3n) is 5.92. The highest BCUT2D eigenvalue weighted by Crippen LogP contribution is 2.33. The fraction of sp³-hybridized carbons (Fsp3) is 0.455. The average Bonchev–Trinajstić information content (AvgIpc) is 3.22. The molecule has 2 aliphatic heterocycles. The van der Waals surface area contributed by atoms with Crippen molar-refractivity contribution in [1.29, 1.82) is 0 Å². The summed E-state index contributed by atoms with van der Waals surface area (Å²) in [5.74, 6) is 1.92. The molecule has 2 saturated heterocycles. The smallest absolute Gasteiger partial charge is 0.223 e. The zero-order chi connectivity index (χ0) is 21.1. The summed E-state index contributed by atoms with van der Waals surface area (Å²) in [6.45, 7) is 3.27. The summed E-state index contributed by atoms with van der Waals surface area (Å²) in [4.78, 5) is 21.7. The van der Waals surface area contributed by atoms with E-state index in [1.165, 1.54) is 0 Å². The number of nitrogens with one attached hydrogen (secondary N) is 1. The molecule has 0 radical (unpaired) electrons. The monoisotopic (exact) mass is 448 g/mol. The molecule has 1 aromatic heterocycles. The number of carbonyl (C=O) groups is 1. The second-order valence-electron chi connectivity index (χ2n) is 7.85. The van der Waals surface area contributed by atoms with Crippen LogP contribution < -0.4 is 19.9 Å². The van der Waals surface area contributed by atoms with E-state index in [2.05, 4.69) is 20.1 Å². The minimum atomic E-state index is 0.0447. The molecule has 2 fully saturated rings. The lowest BCUT2D eigenvalue weighted by molar-refractivity contribution is -0.126. The molecule has 1 unspecified atom stereocenters. The number of rotatable bonds is 5. The number of hydrogen-bond donors (Lipinski definition) is 1. The molecular weight excluding hydrogens is 423 g/mol. The number of nitrogens with zero attached hydrogens (tertiary/aromatic N) is 3. The first kappa shape index (κ1) is 21.1. The van der Waals surface area contributed by atoms with Crippen molar-refractivity contribution in [1.82, 2.24) is 10.3 Å². The zero-order valence-corrected chi connectivity index (χ0v) is 18.5. The van der Waals surface area contributed by atoms with Gasteiger partial charge < -0.3 is 19.9 Å². The summed E-state index contributed by atoms with van der Waals surface area (Å²) < 4.78 is 5.47. The molecule has 1 aromatic carbocycles. The lowest BCUT2D eigenvalue weighted by Gasteiger charge is -2.32. The number of anilines is 2. The first-order valence-corrected chi connectivity index (χ1v) is 11.0. The Morgan fingerprint density at radius 2 is 1.80 bits per heavy atom. The van der Waals surface area contributed by atoms with Crippen LogP contribution in [-0.4, -0.2) is 50.2 Å². The van der Waals surface area contributed by atoms with E-state index in [-0.39, 0.29) is 17.9 Å². The third kappa shape index (κ3) is 4.76. The summed E-state index contributed by atoms with van der Waals surface area (Å²) in [6.07, 6.45) is 4.23. The van der Waals surface area contributed by atoms with Gasteiger partial charge in [0.05, 0.1) is 17.8 Å². The summed E-state index contributed by atoms with van der Waals surface area (Å²) in [5, 5.41) is 4.57. The Labute approximate surface area is 187 Å². The number of amides is 1. The molecule has 6 nitrogen and oxygen atoms in total. The van der Waals surface area contributed by atoms with E-state index < -0.39 is 0 Å². The van der Waals surface area contributed by atoms with Crippen LogP contribution in [0.3, 0.4) is 0 Å². The van der Waals surface area contributed by atoms with Crippen LogP contribution >= 0.6 is 23.2 Å². The van der Waals surface area contributed by atoms with E-state index in [1.54, 1.807) is 13.3 Å². The predicted molar refractivity (Wildman–Crippen MR) is 121 cm³/mol. The van der Waals surface area contributed by atoms with E-state index in [0.717, 1.165) is 62.7 Å². The van der Waals surface area contributed by atoms with E-state index in [9.17, 15) is 4.79 Å². The molecule has 1 amide bonds. The Kier molecular flexibility index (Phi) is 6.54. The number of carbonyl (C=O) groups excluding carboxylic acids is 1. The van der Waals surface area contributed by atoms with E-state index in [4.69, 9.17) is 27.9 Å². The van der Waals surface area contributed by atoms with Gasteiger partial charge in [0, 0.05) is 49.4 Å². The SMILES string of the molecule is COc1ccc(Cl)cc1N1CCC(NC(=O)C2CCN(c3ccc(Cl)cn3)CC2)C1. The second kappa shape index (κ2) is 9.31. The first-order chi connectivity index (χ1) is 14.5. The van der Waals surface area contributed by atoms with Gasteiger partial charge in [0.15, 0.2) is 0 Å². The molecule has 1 atom stereocenters. The Hall–Kier alpha value is -2.18. The molecule has 8 heteroatoms. The third-order valence-corrected chi connectivity index (χ3v) is 6.38. The number of hydrogen-bond acceptors (Lipinski definition) is 5. The van der Waals surface area contributed by atoms with Crippen LogP contribution in [0.15, 0.2) is 36.5 Å². The van der Waals surface area contributed by atoms with Gasteiger partial charge in [-0.3, -0.25) is 4.79 Å². The van der Waals surface area contributed by atoms with E-state index >= 15 is 0 Å². The minimum Gasteiger partial charge on any atom is -0.495 e. The fourth-order valence-electron chi connectivity index (χ4n) is 4.25. The molecule has 0 bridgehead atoms. The van der Waals surface area contributed by atoms with Crippen LogP contribution in [0, 0.1) is 5.92 Å². The van der Waals surface area contributed by atoms with Crippen molar-refractivity contribution in [3.8, 4) is 5.75 Å². The van der Waals surface area contributed by atoms with Gasteiger partial charge in [-0.25, -0.2) is 4.98 Å². The number of methoxy groups -OCH3 is 1. The van der Waals surface area contributed by atoms with E-state index in [0.29, 0.717) is 10.0 Å². The Morgan fingerprint density at radius 3 is 2.50 bits per heavy atom. The lowest BCUT2D eigenvalue weighted by atomic mass is 9.95. The highest BCUT2D eigenvalue weighted by molar-refractivity contribution is 6.31. The van der Waals surface area contributed by atoms with E-state index in [1.807, 2.05) is 30.3 Å². The van der Waals surface area contributed by atoms with Crippen LogP contribution in [0.1, 0.15) is 19.3 Å². The van der Waals surface area contributed by atoms with Gasteiger partial charge in [0.25, 0.3) is 0 Å². The number of halogens is 2. The van der Waals surface area contributed by atoms with Crippen LogP contribution in [0.5, 0.6) is 5.75 Å². The Bertz CT molecular complexity index is 885. The number of piperidine rings is 1. The molecular formula is C22H26Cl2N4O2. The molecule has 30 heavy (non-hydrogen) atoms. The highest BCUT2D eigenvalue weighted by Gasteiger charge is 2.30. The summed E-state index contributed by atoms with van der Waals surface area (Å²) in [6, 6.07) is 9.55. The van der Waals surface area contributed by atoms with Crippen molar-refractivity contribution in [2.75, 3.05) is 43.1 Å². The lowest BCUT2D eigenvalue weighted by Crippen LogP contribution is -2.45. The van der Waals surface area contributed by atoms with Crippen molar-refractivity contribution in [3.63, 3.8) is 0 Å². The second-order valence-corrected chi connectivity index (χ2v) is 8.73. The molecule has 4 rings (SSSR count). The maximum Gasteiger partial charge on any atom is 0.223 e. The van der Waals surface area contributed by atoms with Gasteiger partial charge in [0.1, 0.15) is 11.6 Å². The molecule has 1 N–H and O–H groups in total. The number of benzene rings is 1. The van der Waals surface area contributed by atoms with Crippen LogP contribution in [0.4, 0.5) is 11.5 Å². The molecule has 3 heterocycles. The zero-order valence-electron chi connectivity index (χ0n) is 17.0. The van der Waals surface area contributed by atoms with Gasteiger partial charge in [-0.1, -0.05) is 23.2 Å². The van der Waals surface area contributed by atoms with Gasteiger partial charge in [-0.05, 0) is 49.6 Å². The van der Waals surface area contributed by atoms with Crippen molar-refractivity contribution >= 4 is 40.6 Å². The minimum absolute atomic E-state index is 0.0447. The number of pyridine rings is 1. The van der Waals surface area contributed by atoms with Gasteiger partial charge in [-0.15, -0.1) is 0 Å². The molecule has 0 spiro atoms. The molecule has 160 valence electrons. The van der Waals surface area contributed by atoms with Crippen LogP contribution in [-0.2, 0) is 4.79 Å². The molecule has 0 aliphatic carbocycles.